The first kappa shape index (κ1) is 19.1. The maximum atomic E-state index is 12.3. The van der Waals surface area contributed by atoms with Crippen LogP contribution in [0.25, 0.3) is 0 Å². The highest BCUT2D eigenvalue weighted by atomic mass is 32.2. The van der Waals surface area contributed by atoms with Crippen molar-refractivity contribution < 1.29 is 13.2 Å². The van der Waals surface area contributed by atoms with E-state index in [9.17, 15) is 13.2 Å². The van der Waals surface area contributed by atoms with Crippen molar-refractivity contribution in [2.24, 2.45) is 0 Å². The number of sulfonamides is 1. The summed E-state index contributed by atoms with van der Waals surface area (Å²) < 4.78 is 27.1. The zero-order valence-electron chi connectivity index (χ0n) is 14.5. The molecule has 0 aliphatic rings. The number of aromatic nitrogens is 1. The minimum Gasteiger partial charge on any atom is -0.356 e. The fourth-order valence-electron chi connectivity index (χ4n) is 2.46. The largest absolute Gasteiger partial charge is 0.356 e. The van der Waals surface area contributed by atoms with Crippen molar-refractivity contribution in [2.75, 3.05) is 13.1 Å². The fraction of sp³-hybridized carbons (Fsp3) is 0.333. The normalized spacial score (nSPS) is 11.3. The Labute approximate surface area is 148 Å². The highest BCUT2D eigenvalue weighted by Crippen LogP contribution is 2.16. The Morgan fingerprint density at radius 3 is 2.64 bits per heavy atom. The molecular formula is C18H23N3O3S. The first-order valence-electron chi connectivity index (χ1n) is 8.11. The van der Waals surface area contributed by atoms with Gasteiger partial charge in [-0.25, -0.2) is 13.1 Å². The highest BCUT2D eigenvalue weighted by Gasteiger charge is 2.16. The number of benzene rings is 1. The number of hydrogen-bond acceptors (Lipinski definition) is 4. The Morgan fingerprint density at radius 2 is 1.96 bits per heavy atom. The van der Waals surface area contributed by atoms with Crippen molar-refractivity contribution >= 4 is 15.9 Å². The summed E-state index contributed by atoms with van der Waals surface area (Å²) in [6.07, 6.45) is 4.24. The number of pyridine rings is 1. The summed E-state index contributed by atoms with van der Waals surface area (Å²) in [6, 6.07) is 8.95. The van der Waals surface area contributed by atoms with Crippen molar-refractivity contribution in [3.63, 3.8) is 0 Å². The Morgan fingerprint density at radius 1 is 1.16 bits per heavy atom. The van der Waals surface area contributed by atoms with E-state index in [1.54, 1.807) is 31.5 Å². The lowest BCUT2D eigenvalue weighted by atomic mass is 10.2. The lowest BCUT2D eigenvalue weighted by Gasteiger charge is -2.10. The first-order valence-corrected chi connectivity index (χ1v) is 9.59. The number of carbonyl (C=O) groups excluding carboxylic acids is 1. The number of hydrogen-bond donors (Lipinski definition) is 2. The van der Waals surface area contributed by atoms with Crippen LogP contribution >= 0.6 is 0 Å². The number of rotatable bonds is 8. The van der Waals surface area contributed by atoms with Crippen molar-refractivity contribution in [3.8, 4) is 0 Å². The molecule has 0 radical (unpaired) electrons. The number of carbonyl (C=O) groups is 1. The van der Waals surface area contributed by atoms with Crippen LogP contribution in [0.1, 0.15) is 23.1 Å². The quantitative estimate of drug-likeness (QED) is 0.749. The summed E-state index contributed by atoms with van der Waals surface area (Å²) in [4.78, 5) is 16.1. The molecule has 2 rings (SSSR count). The van der Waals surface area contributed by atoms with Crippen LogP contribution in [0.4, 0.5) is 0 Å². The van der Waals surface area contributed by atoms with Gasteiger partial charge in [0.2, 0.25) is 15.9 Å². The Hall–Kier alpha value is -2.25. The number of aryl methyl sites for hydroxylation is 2. The Balaban J connectivity index is 1.76. The second kappa shape index (κ2) is 8.73. The van der Waals surface area contributed by atoms with Crippen molar-refractivity contribution in [3.05, 3.63) is 59.4 Å². The maximum Gasteiger partial charge on any atom is 0.240 e. The molecular weight excluding hydrogens is 338 g/mol. The summed E-state index contributed by atoms with van der Waals surface area (Å²) in [5.74, 6) is -0.188. The van der Waals surface area contributed by atoms with Gasteiger partial charge in [-0.3, -0.25) is 9.78 Å². The van der Waals surface area contributed by atoms with Crippen molar-refractivity contribution in [2.45, 2.75) is 31.6 Å². The number of amides is 1. The summed E-state index contributed by atoms with van der Waals surface area (Å²) in [6.45, 7) is 4.22. The second-order valence-corrected chi connectivity index (χ2v) is 7.61. The monoisotopic (exact) mass is 361 g/mol. The lowest BCUT2D eigenvalue weighted by Crippen LogP contribution is -2.32. The molecule has 0 aliphatic heterocycles. The molecule has 1 aromatic heterocycles. The Bertz CT molecular complexity index is 821. The molecule has 6 nitrogen and oxygen atoms in total. The molecule has 0 saturated carbocycles. The van der Waals surface area contributed by atoms with E-state index >= 15 is 0 Å². The molecule has 0 bridgehead atoms. The predicted molar refractivity (Wildman–Crippen MR) is 96.7 cm³/mol. The van der Waals surface area contributed by atoms with E-state index in [0.29, 0.717) is 18.5 Å². The van der Waals surface area contributed by atoms with Crippen LogP contribution in [0.15, 0.2) is 47.6 Å². The van der Waals surface area contributed by atoms with Crippen LogP contribution < -0.4 is 10.0 Å². The second-order valence-electron chi connectivity index (χ2n) is 5.88. The molecule has 1 heterocycles. The van der Waals surface area contributed by atoms with Gasteiger partial charge in [0.05, 0.1) is 4.90 Å². The zero-order chi connectivity index (χ0) is 18.3. The van der Waals surface area contributed by atoms with Gasteiger partial charge in [0.25, 0.3) is 0 Å². The van der Waals surface area contributed by atoms with Gasteiger partial charge >= 0.3 is 0 Å². The predicted octanol–water partition coefficient (Wildman–Crippen LogP) is 1.73. The van der Waals surface area contributed by atoms with Crippen LogP contribution in [0.5, 0.6) is 0 Å². The molecule has 2 N–H and O–H groups in total. The van der Waals surface area contributed by atoms with Gasteiger partial charge in [-0.2, -0.15) is 0 Å². The van der Waals surface area contributed by atoms with E-state index in [4.69, 9.17) is 0 Å². The molecule has 0 fully saturated rings. The van der Waals surface area contributed by atoms with E-state index in [2.05, 4.69) is 15.0 Å². The molecule has 25 heavy (non-hydrogen) atoms. The molecule has 0 atom stereocenters. The summed E-state index contributed by atoms with van der Waals surface area (Å²) in [5.41, 5.74) is 2.73. The highest BCUT2D eigenvalue weighted by molar-refractivity contribution is 7.89. The minimum atomic E-state index is -3.61. The van der Waals surface area contributed by atoms with Gasteiger partial charge in [-0.05, 0) is 43.5 Å². The van der Waals surface area contributed by atoms with Gasteiger partial charge in [0, 0.05) is 31.9 Å². The van der Waals surface area contributed by atoms with Crippen LogP contribution in [0, 0.1) is 13.8 Å². The Kier molecular flexibility index (Phi) is 6.66. The molecule has 7 heteroatoms. The fourth-order valence-corrected chi connectivity index (χ4v) is 3.71. The average molecular weight is 361 g/mol. The molecule has 0 unspecified atom stereocenters. The van der Waals surface area contributed by atoms with Gasteiger partial charge in [0.15, 0.2) is 0 Å². The minimum absolute atomic E-state index is 0.0639. The lowest BCUT2D eigenvalue weighted by molar-refractivity contribution is -0.120. The molecule has 0 spiro atoms. The van der Waals surface area contributed by atoms with E-state index < -0.39 is 10.0 Å². The SMILES string of the molecule is Cc1ccc(S(=O)(=O)NCCC(=O)NCCc2cccnc2)c(C)c1. The van der Waals surface area contributed by atoms with Crippen LogP contribution in [0.3, 0.4) is 0 Å². The first-order chi connectivity index (χ1) is 11.9. The third-order valence-corrected chi connectivity index (χ3v) is 5.34. The summed E-state index contributed by atoms with van der Waals surface area (Å²) >= 11 is 0. The van der Waals surface area contributed by atoms with E-state index in [0.717, 1.165) is 11.1 Å². The smallest absolute Gasteiger partial charge is 0.240 e. The summed E-state index contributed by atoms with van der Waals surface area (Å²) in [5, 5.41) is 2.77. The van der Waals surface area contributed by atoms with Gasteiger partial charge in [-0.1, -0.05) is 23.8 Å². The van der Waals surface area contributed by atoms with Gasteiger partial charge in [-0.15, -0.1) is 0 Å². The third kappa shape index (κ3) is 5.95. The van der Waals surface area contributed by atoms with E-state index in [-0.39, 0.29) is 23.8 Å². The third-order valence-electron chi connectivity index (χ3n) is 3.72. The average Bonchev–Trinajstić information content (AvgIpc) is 2.55. The standard InChI is InChI=1S/C18H23N3O3S/c1-14-5-6-17(15(2)12-14)25(23,24)21-11-8-18(22)20-10-7-16-4-3-9-19-13-16/h3-6,9,12-13,21H,7-8,10-11H2,1-2H3,(H,20,22). The van der Waals surface area contributed by atoms with Gasteiger partial charge < -0.3 is 5.32 Å². The van der Waals surface area contributed by atoms with Gasteiger partial charge in [0.1, 0.15) is 0 Å². The van der Waals surface area contributed by atoms with Crippen molar-refractivity contribution in [1.29, 1.82) is 0 Å². The zero-order valence-corrected chi connectivity index (χ0v) is 15.3. The van der Waals surface area contributed by atoms with Crippen LogP contribution in [-0.4, -0.2) is 32.4 Å². The molecule has 0 aliphatic carbocycles. The molecule has 134 valence electrons. The van der Waals surface area contributed by atoms with Crippen molar-refractivity contribution in [1.82, 2.24) is 15.0 Å². The topological polar surface area (TPSA) is 88.2 Å². The summed E-state index contributed by atoms with van der Waals surface area (Å²) in [7, 11) is -3.61. The maximum absolute atomic E-state index is 12.3. The molecule has 1 aromatic carbocycles. The van der Waals surface area contributed by atoms with Crippen LogP contribution in [-0.2, 0) is 21.2 Å². The molecule has 0 saturated heterocycles. The van der Waals surface area contributed by atoms with E-state index in [1.165, 1.54) is 0 Å². The molecule has 2 aromatic rings. The number of nitrogens with one attached hydrogen (secondary N) is 2. The van der Waals surface area contributed by atoms with E-state index in [1.807, 2.05) is 25.1 Å². The van der Waals surface area contributed by atoms with Crippen LogP contribution in [0.2, 0.25) is 0 Å². The molecule has 1 amide bonds. The number of nitrogens with zero attached hydrogens (tertiary/aromatic N) is 1.